The molecule has 0 aromatic heterocycles. The summed E-state index contributed by atoms with van der Waals surface area (Å²) in [7, 11) is -0.885. The molecule has 2 aliphatic heterocycles. The van der Waals surface area contributed by atoms with Gasteiger partial charge in [0.1, 0.15) is 41.4 Å². The van der Waals surface area contributed by atoms with Gasteiger partial charge in [-0.05, 0) is 36.4 Å². The molecule has 0 radical (unpaired) electrons. The average molecular weight is 562 g/mol. The quantitative estimate of drug-likeness (QED) is 0.239. The van der Waals surface area contributed by atoms with Gasteiger partial charge in [0.2, 0.25) is 0 Å². The minimum atomic E-state index is -4.38. The lowest BCUT2D eigenvalue weighted by Gasteiger charge is -2.39. The van der Waals surface area contributed by atoms with Crippen LogP contribution in [-0.2, 0) is 14.3 Å². The molecule has 39 heavy (non-hydrogen) atoms. The first-order valence-corrected chi connectivity index (χ1v) is 13.4. The largest absolute Gasteiger partial charge is 0.486 e. The van der Waals surface area contributed by atoms with Gasteiger partial charge in [-0.3, -0.25) is 14.3 Å². The molecule has 0 amide bonds. The minimum absolute atomic E-state index is 0.0718. The Kier molecular flexibility index (Phi) is 7.03. The summed E-state index contributed by atoms with van der Waals surface area (Å²) in [6, 6.07) is 12.5. The van der Waals surface area contributed by atoms with Crippen LogP contribution in [-0.4, -0.2) is 58.8 Å². The van der Waals surface area contributed by atoms with Crippen molar-refractivity contribution >= 4 is 27.2 Å². The van der Waals surface area contributed by atoms with Gasteiger partial charge in [-0.15, -0.1) is 0 Å². The van der Waals surface area contributed by atoms with Crippen LogP contribution in [0.1, 0.15) is 6.42 Å². The highest BCUT2D eigenvalue weighted by Crippen LogP contribution is 2.38. The van der Waals surface area contributed by atoms with Gasteiger partial charge in [0, 0.05) is 44.8 Å². The van der Waals surface area contributed by atoms with E-state index in [1.807, 2.05) is 0 Å². The summed E-state index contributed by atoms with van der Waals surface area (Å²) in [4.78, 5) is 13.7. The summed E-state index contributed by atoms with van der Waals surface area (Å²) < 4.78 is 72.0. The molecular weight excluding hydrogens is 536 g/mol. The van der Waals surface area contributed by atoms with Crippen LogP contribution in [0.3, 0.4) is 0 Å². The van der Waals surface area contributed by atoms with E-state index >= 15 is 0 Å². The summed E-state index contributed by atoms with van der Waals surface area (Å²) in [5, 5.41) is 11.0. The van der Waals surface area contributed by atoms with Gasteiger partial charge in [0.05, 0.1) is 34.3 Å². The normalized spacial score (nSPS) is 19.4. The molecule has 2 heterocycles. The lowest BCUT2D eigenvalue weighted by atomic mass is 10.0. The molecule has 206 valence electrons. The smallest absolute Gasteiger partial charge is 0.297 e. The first kappa shape index (κ1) is 26.6. The second kappa shape index (κ2) is 10.3. The molecule has 0 bridgehead atoms. The maximum atomic E-state index is 13.8. The molecule has 3 aromatic carbocycles. The van der Waals surface area contributed by atoms with Crippen LogP contribution in [0.4, 0.5) is 25.8 Å². The van der Waals surface area contributed by atoms with E-state index in [0.29, 0.717) is 29.4 Å². The number of likely N-dealkylation sites (N-methyl/N-ethyl adjacent to an activating group) is 2. The zero-order valence-corrected chi connectivity index (χ0v) is 21.8. The van der Waals surface area contributed by atoms with E-state index in [4.69, 9.17) is 13.7 Å². The van der Waals surface area contributed by atoms with Crippen molar-refractivity contribution in [3.05, 3.63) is 82.4 Å². The summed E-state index contributed by atoms with van der Waals surface area (Å²) in [5.41, 5.74) is 0.806. The Morgan fingerprint density at radius 3 is 2.10 bits per heavy atom. The van der Waals surface area contributed by atoms with Crippen LogP contribution >= 0.6 is 0 Å². The highest BCUT2D eigenvalue weighted by atomic mass is 32.2. The number of nitro groups is 1. The van der Waals surface area contributed by atoms with Crippen molar-refractivity contribution in [2.45, 2.75) is 29.6 Å². The lowest BCUT2D eigenvalue weighted by Crippen LogP contribution is -2.50. The predicted molar refractivity (Wildman–Crippen MR) is 138 cm³/mol. The van der Waals surface area contributed by atoms with E-state index in [-0.39, 0.29) is 23.5 Å². The van der Waals surface area contributed by atoms with Crippen molar-refractivity contribution in [2.24, 2.45) is 0 Å². The molecule has 0 aliphatic carbocycles. The Morgan fingerprint density at radius 2 is 1.51 bits per heavy atom. The van der Waals surface area contributed by atoms with Crippen LogP contribution < -0.4 is 19.3 Å². The Labute approximate surface area is 223 Å². The number of halogens is 2. The number of ether oxygens (including phenoxy) is 2. The standard InChI is InChI=1S/C26H25F2N3O7S/c1-29-14-19(36-23-9-3-16(27)11-21(23)29)13-25(26-15-30(2)22-12-17(28)4-10-24(22)37-26)38-39(34,35)20-7-5-18(6-8-20)31(32)33/h3-12,19,25-26H,13-15H2,1-2H3/t19-,25?,26-/m0/s1. The van der Waals surface area contributed by atoms with E-state index < -0.39 is 45.0 Å². The molecular formula is C26H25F2N3O7S. The van der Waals surface area contributed by atoms with Gasteiger partial charge < -0.3 is 19.3 Å². The van der Waals surface area contributed by atoms with Crippen molar-refractivity contribution < 1.29 is 35.8 Å². The van der Waals surface area contributed by atoms with Crippen molar-refractivity contribution in [3.8, 4) is 11.5 Å². The number of fused-ring (bicyclic) bond motifs is 2. The Balaban J connectivity index is 1.44. The van der Waals surface area contributed by atoms with Gasteiger partial charge in [-0.1, -0.05) is 0 Å². The SMILES string of the molecule is CN1C[C@H](CC(OS(=O)(=O)c2ccc([N+](=O)[O-])cc2)[C@@H]2CN(C)c3cc(F)ccc3O2)Oc2ccc(F)cc21. The predicted octanol–water partition coefficient (Wildman–Crippen LogP) is 4.13. The number of anilines is 2. The fourth-order valence-electron chi connectivity index (χ4n) is 4.75. The summed E-state index contributed by atoms with van der Waals surface area (Å²) >= 11 is 0. The number of nitrogens with zero attached hydrogens (tertiary/aromatic N) is 3. The van der Waals surface area contributed by atoms with Crippen molar-refractivity contribution in [2.75, 3.05) is 37.0 Å². The van der Waals surface area contributed by atoms with E-state index in [1.54, 1.807) is 23.9 Å². The maximum Gasteiger partial charge on any atom is 0.297 e. The number of rotatable bonds is 7. The number of nitro benzene ring substituents is 1. The first-order valence-electron chi connectivity index (χ1n) is 12.0. The average Bonchev–Trinajstić information content (AvgIpc) is 2.89. The van der Waals surface area contributed by atoms with E-state index in [2.05, 4.69) is 0 Å². The first-order chi connectivity index (χ1) is 18.5. The summed E-state index contributed by atoms with van der Waals surface area (Å²) in [6.07, 6.45) is -2.34. The van der Waals surface area contributed by atoms with E-state index in [1.165, 1.54) is 36.4 Å². The molecule has 3 aromatic rings. The minimum Gasteiger partial charge on any atom is -0.486 e. The van der Waals surface area contributed by atoms with Gasteiger partial charge >= 0.3 is 0 Å². The maximum absolute atomic E-state index is 13.8. The second-order valence-electron chi connectivity index (χ2n) is 9.46. The molecule has 2 aliphatic rings. The highest BCUT2D eigenvalue weighted by Gasteiger charge is 2.38. The Bertz CT molecular complexity index is 1500. The molecule has 3 atom stereocenters. The van der Waals surface area contributed by atoms with Crippen molar-refractivity contribution in [1.29, 1.82) is 0 Å². The number of benzene rings is 3. The molecule has 0 saturated carbocycles. The van der Waals surface area contributed by atoms with Crippen LogP contribution in [0.2, 0.25) is 0 Å². The molecule has 5 rings (SSSR count). The molecule has 10 nitrogen and oxygen atoms in total. The monoisotopic (exact) mass is 561 g/mol. The number of hydrogen-bond donors (Lipinski definition) is 0. The van der Waals surface area contributed by atoms with Gasteiger partial charge in [0.25, 0.3) is 15.8 Å². The van der Waals surface area contributed by atoms with E-state index in [9.17, 15) is 27.3 Å². The number of non-ortho nitro benzene ring substituents is 1. The second-order valence-corrected chi connectivity index (χ2v) is 11.0. The molecule has 1 unspecified atom stereocenters. The topological polar surface area (TPSA) is 111 Å². The lowest BCUT2D eigenvalue weighted by molar-refractivity contribution is -0.384. The third kappa shape index (κ3) is 5.59. The van der Waals surface area contributed by atoms with Gasteiger partial charge in [0.15, 0.2) is 0 Å². The Hall–Kier alpha value is -3.97. The van der Waals surface area contributed by atoms with E-state index in [0.717, 1.165) is 24.3 Å². The van der Waals surface area contributed by atoms with Crippen LogP contribution in [0.5, 0.6) is 11.5 Å². The molecule has 0 spiro atoms. The molecule has 0 saturated heterocycles. The Morgan fingerprint density at radius 1 is 0.949 bits per heavy atom. The summed E-state index contributed by atoms with van der Waals surface area (Å²) in [6.45, 7) is 0.500. The number of hydrogen-bond acceptors (Lipinski definition) is 9. The van der Waals surface area contributed by atoms with Crippen molar-refractivity contribution in [3.63, 3.8) is 0 Å². The van der Waals surface area contributed by atoms with Gasteiger partial charge in [-0.25, -0.2) is 8.78 Å². The zero-order chi connectivity index (χ0) is 27.9. The highest BCUT2D eigenvalue weighted by molar-refractivity contribution is 7.86. The zero-order valence-electron chi connectivity index (χ0n) is 21.0. The van der Waals surface area contributed by atoms with Crippen molar-refractivity contribution in [1.82, 2.24) is 0 Å². The fraction of sp³-hybridized carbons (Fsp3) is 0.308. The third-order valence-corrected chi connectivity index (χ3v) is 8.01. The molecule has 0 fully saturated rings. The fourth-order valence-corrected chi connectivity index (χ4v) is 5.86. The van der Waals surface area contributed by atoms with Crippen LogP contribution in [0.25, 0.3) is 0 Å². The van der Waals surface area contributed by atoms with Crippen LogP contribution in [0, 0.1) is 21.7 Å². The summed E-state index contributed by atoms with van der Waals surface area (Å²) in [5.74, 6) is -0.0506. The molecule has 0 N–H and O–H groups in total. The third-order valence-electron chi connectivity index (χ3n) is 6.66. The van der Waals surface area contributed by atoms with Gasteiger partial charge in [-0.2, -0.15) is 8.42 Å². The van der Waals surface area contributed by atoms with Crippen LogP contribution in [0.15, 0.2) is 65.6 Å². The molecule has 13 heteroatoms.